The molecule has 1 saturated heterocycles. The second-order valence-corrected chi connectivity index (χ2v) is 6.95. The number of rotatable bonds is 4. The Kier molecular flexibility index (Phi) is 4.62. The van der Waals surface area contributed by atoms with Crippen molar-refractivity contribution >= 4 is 17.8 Å². The Morgan fingerprint density at radius 1 is 1.00 bits per heavy atom. The highest BCUT2D eigenvalue weighted by atomic mass is 16.2. The van der Waals surface area contributed by atoms with E-state index in [4.69, 9.17) is 0 Å². The van der Waals surface area contributed by atoms with Crippen LogP contribution in [0.3, 0.4) is 0 Å². The molecule has 6 heteroatoms. The molecule has 2 aromatic carbocycles. The molecule has 1 fully saturated rings. The van der Waals surface area contributed by atoms with Gasteiger partial charge in [-0.25, -0.2) is 4.79 Å². The normalized spacial score (nSPS) is 19.0. The van der Waals surface area contributed by atoms with E-state index in [-0.39, 0.29) is 18.4 Å². The first-order valence-electron chi connectivity index (χ1n) is 9.12. The van der Waals surface area contributed by atoms with Gasteiger partial charge in [-0.05, 0) is 23.1 Å². The highest BCUT2D eigenvalue weighted by molar-refractivity contribution is 6.06. The molecule has 138 valence electrons. The van der Waals surface area contributed by atoms with Crippen molar-refractivity contribution < 1.29 is 14.4 Å². The molecule has 2 heterocycles. The van der Waals surface area contributed by atoms with Gasteiger partial charge in [0.2, 0.25) is 5.91 Å². The predicted octanol–water partition coefficient (Wildman–Crippen LogP) is 1.73. The van der Waals surface area contributed by atoms with Gasteiger partial charge in [0.15, 0.2) is 0 Å². The van der Waals surface area contributed by atoms with Crippen molar-refractivity contribution in [2.75, 3.05) is 13.1 Å². The number of carbonyl (C=O) groups is 3. The van der Waals surface area contributed by atoms with Gasteiger partial charge in [-0.1, -0.05) is 54.6 Å². The Labute approximate surface area is 157 Å². The Hall–Kier alpha value is -3.15. The average Bonchev–Trinajstić information content (AvgIpc) is 2.95. The van der Waals surface area contributed by atoms with E-state index < -0.39 is 12.1 Å². The molecule has 1 atom stereocenters. The van der Waals surface area contributed by atoms with Crippen molar-refractivity contribution in [3.8, 4) is 0 Å². The molecule has 4 rings (SSSR count). The number of imide groups is 1. The lowest BCUT2D eigenvalue weighted by Gasteiger charge is -2.29. The number of carbonyl (C=O) groups excluding carboxylic acids is 3. The van der Waals surface area contributed by atoms with E-state index in [0.29, 0.717) is 19.5 Å². The third kappa shape index (κ3) is 3.56. The van der Waals surface area contributed by atoms with E-state index in [2.05, 4.69) is 11.4 Å². The van der Waals surface area contributed by atoms with Crippen LogP contribution in [0.25, 0.3) is 0 Å². The predicted molar refractivity (Wildman–Crippen MR) is 99.7 cm³/mol. The molecule has 2 aromatic rings. The molecule has 0 bridgehead atoms. The minimum Gasteiger partial charge on any atom is -0.336 e. The number of nitrogens with zero attached hydrogens (tertiary/aromatic N) is 2. The van der Waals surface area contributed by atoms with Crippen LogP contribution in [0.2, 0.25) is 0 Å². The summed E-state index contributed by atoms with van der Waals surface area (Å²) in [6.45, 7) is 0.914. The zero-order chi connectivity index (χ0) is 18.8. The van der Waals surface area contributed by atoms with Crippen molar-refractivity contribution in [2.45, 2.75) is 25.4 Å². The van der Waals surface area contributed by atoms with E-state index in [1.807, 2.05) is 48.5 Å². The lowest BCUT2D eigenvalue weighted by molar-refractivity contribution is -0.138. The summed E-state index contributed by atoms with van der Waals surface area (Å²) in [5, 5.41) is 2.69. The third-order valence-electron chi connectivity index (χ3n) is 5.17. The monoisotopic (exact) mass is 363 g/mol. The molecule has 6 nitrogen and oxygen atoms in total. The molecule has 0 saturated carbocycles. The lowest BCUT2D eigenvalue weighted by Crippen LogP contribution is -2.45. The number of nitrogens with one attached hydrogen (secondary N) is 1. The van der Waals surface area contributed by atoms with E-state index in [1.54, 1.807) is 4.90 Å². The average molecular weight is 363 g/mol. The van der Waals surface area contributed by atoms with Crippen LogP contribution in [0.4, 0.5) is 4.79 Å². The maximum Gasteiger partial charge on any atom is 0.325 e. The smallest absolute Gasteiger partial charge is 0.325 e. The van der Waals surface area contributed by atoms with Crippen LogP contribution in [0.15, 0.2) is 54.6 Å². The number of amides is 4. The fourth-order valence-electron chi connectivity index (χ4n) is 3.66. The Balaban J connectivity index is 1.40. The van der Waals surface area contributed by atoms with Gasteiger partial charge in [0.05, 0.1) is 0 Å². The van der Waals surface area contributed by atoms with Gasteiger partial charge in [-0.2, -0.15) is 0 Å². The minimum atomic E-state index is -0.616. The number of hydrogen-bond acceptors (Lipinski definition) is 3. The first-order chi connectivity index (χ1) is 13.1. The molecule has 1 N–H and O–H groups in total. The van der Waals surface area contributed by atoms with Gasteiger partial charge in [0.1, 0.15) is 12.6 Å². The van der Waals surface area contributed by atoms with E-state index in [1.165, 1.54) is 5.56 Å². The summed E-state index contributed by atoms with van der Waals surface area (Å²) in [5.74, 6) is -0.539. The molecule has 2 aliphatic rings. The molecule has 1 unspecified atom stereocenters. The summed E-state index contributed by atoms with van der Waals surface area (Å²) in [6.07, 6.45) is 1.21. The van der Waals surface area contributed by atoms with Gasteiger partial charge < -0.3 is 10.2 Å². The Morgan fingerprint density at radius 3 is 2.48 bits per heavy atom. The van der Waals surface area contributed by atoms with Crippen molar-refractivity contribution in [1.82, 2.24) is 15.1 Å². The largest absolute Gasteiger partial charge is 0.336 e. The summed E-state index contributed by atoms with van der Waals surface area (Å²) in [5.41, 5.74) is 3.34. The third-order valence-corrected chi connectivity index (χ3v) is 5.17. The van der Waals surface area contributed by atoms with Crippen molar-refractivity contribution in [2.24, 2.45) is 0 Å². The van der Waals surface area contributed by atoms with E-state index in [9.17, 15) is 14.4 Å². The Morgan fingerprint density at radius 2 is 1.70 bits per heavy atom. The van der Waals surface area contributed by atoms with Crippen LogP contribution in [0.1, 0.15) is 16.7 Å². The van der Waals surface area contributed by atoms with Crippen LogP contribution in [-0.4, -0.2) is 46.8 Å². The van der Waals surface area contributed by atoms with Crippen LogP contribution < -0.4 is 5.32 Å². The number of urea groups is 1. The molecule has 2 aliphatic heterocycles. The maximum absolute atomic E-state index is 12.7. The van der Waals surface area contributed by atoms with Crippen molar-refractivity contribution in [3.05, 3.63) is 71.3 Å². The molecule has 0 aromatic heterocycles. The highest BCUT2D eigenvalue weighted by Gasteiger charge is 2.39. The maximum atomic E-state index is 12.7. The second kappa shape index (κ2) is 7.23. The molecule has 0 radical (unpaired) electrons. The standard InChI is InChI=1S/C21H21N3O3/c25-19(23-11-10-16-8-4-5-9-17(16)13-23)14-24-20(26)18(22-21(24)27)12-15-6-2-1-3-7-15/h1-9,18H,10-14H2,(H,22,27). The van der Waals surface area contributed by atoms with Crippen molar-refractivity contribution in [1.29, 1.82) is 0 Å². The van der Waals surface area contributed by atoms with E-state index in [0.717, 1.165) is 22.4 Å². The number of fused-ring (bicyclic) bond motifs is 1. The lowest BCUT2D eigenvalue weighted by atomic mass is 10.00. The molecule has 27 heavy (non-hydrogen) atoms. The molecule has 0 spiro atoms. The zero-order valence-corrected chi connectivity index (χ0v) is 14.9. The summed E-state index contributed by atoms with van der Waals surface area (Å²) in [4.78, 5) is 40.3. The van der Waals surface area contributed by atoms with E-state index >= 15 is 0 Å². The van der Waals surface area contributed by atoms with Crippen LogP contribution in [0.5, 0.6) is 0 Å². The fraction of sp³-hybridized carbons (Fsp3) is 0.286. The van der Waals surface area contributed by atoms with Gasteiger partial charge in [0, 0.05) is 19.5 Å². The fourth-order valence-corrected chi connectivity index (χ4v) is 3.66. The summed E-state index contributed by atoms with van der Waals surface area (Å²) < 4.78 is 0. The van der Waals surface area contributed by atoms with Crippen molar-refractivity contribution in [3.63, 3.8) is 0 Å². The Bertz CT molecular complexity index is 881. The zero-order valence-electron chi connectivity index (χ0n) is 14.9. The topological polar surface area (TPSA) is 69.7 Å². The van der Waals surface area contributed by atoms with Gasteiger partial charge in [0.25, 0.3) is 5.91 Å². The minimum absolute atomic E-state index is 0.201. The quantitative estimate of drug-likeness (QED) is 0.841. The van der Waals surface area contributed by atoms with Gasteiger partial charge >= 0.3 is 6.03 Å². The molecular formula is C21H21N3O3. The van der Waals surface area contributed by atoms with Crippen LogP contribution >= 0.6 is 0 Å². The second-order valence-electron chi connectivity index (χ2n) is 6.95. The van der Waals surface area contributed by atoms with Gasteiger partial charge in [-0.15, -0.1) is 0 Å². The summed E-state index contributed by atoms with van der Waals surface area (Å²) >= 11 is 0. The molecular weight excluding hydrogens is 342 g/mol. The first-order valence-corrected chi connectivity index (χ1v) is 9.12. The SMILES string of the molecule is O=C(CN1C(=O)NC(Cc2ccccc2)C1=O)N1CCc2ccccc2C1. The summed E-state index contributed by atoms with van der Waals surface area (Å²) in [7, 11) is 0. The van der Waals surface area contributed by atoms with Crippen LogP contribution in [-0.2, 0) is 29.0 Å². The highest BCUT2D eigenvalue weighted by Crippen LogP contribution is 2.19. The van der Waals surface area contributed by atoms with Gasteiger partial charge in [-0.3, -0.25) is 14.5 Å². The molecule has 0 aliphatic carbocycles. The number of benzene rings is 2. The molecule has 4 amide bonds. The first kappa shape index (κ1) is 17.3. The van der Waals surface area contributed by atoms with Crippen LogP contribution in [0, 0.1) is 0 Å². The number of hydrogen-bond donors (Lipinski definition) is 1. The summed E-state index contributed by atoms with van der Waals surface area (Å²) in [6, 6.07) is 16.5.